The Morgan fingerprint density at radius 2 is 1.74 bits per heavy atom. The number of rotatable bonds is 8. The standard InChI is InChI=1S/C31H32N4O3.CH4/c1-20(36)33-25-13-11-22(12-14-25)27-19-24-17-21(10-15-26(24)34-27)18-29(37)28-9-6-16-35(28)31(38)30(32-2)23-7-4-3-5-8-23;/h3-5,7-8,10-15,17,19,28,30,32,34H,6,9,16,18H2,1-2H3,(H,33,36);1H4/t28-,30+;/m0./s1. The molecule has 0 radical (unpaired) electrons. The molecule has 1 aliphatic rings. The fraction of sp³-hybridized carbons (Fsp3) is 0.281. The van der Waals surface area contributed by atoms with Crippen molar-refractivity contribution in [2.75, 3.05) is 18.9 Å². The van der Waals surface area contributed by atoms with Gasteiger partial charge in [0.1, 0.15) is 6.04 Å². The number of Topliss-reactive ketones (excluding diaryl/α,β-unsaturated/α-hetero) is 1. The number of amides is 2. The average molecular weight is 525 g/mol. The molecule has 1 aliphatic heterocycles. The van der Waals surface area contributed by atoms with Gasteiger partial charge in [0.15, 0.2) is 5.78 Å². The van der Waals surface area contributed by atoms with Crippen LogP contribution in [0.5, 0.6) is 0 Å². The van der Waals surface area contributed by atoms with Gasteiger partial charge in [0.05, 0.1) is 6.04 Å². The average Bonchev–Trinajstić information content (AvgIpc) is 3.57. The molecule has 0 unspecified atom stereocenters. The molecule has 3 N–H and O–H groups in total. The molecule has 0 bridgehead atoms. The van der Waals surface area contributed by atoms with Crippen molar-refractivity contribution in [2.45, 2.75) is 45.7 Å². The summed E-state index contributed by atoms with van der Waals surface area (Å²) in [4.78, 5) is 43.3. The Morgan fingerprint density at radius 1 is 1.00 bits per heavy atom. The molecule has 2 atom stereocenters. The molecule has 2 amide bonds. The zero-order valence-corrected chi connectivity index (χ0v) is 21.7. The number of carbonyl (C=O) groups excluding carboxylic acids is 3. The van der Waals surface area contributed by atoms with E-state index >= 15 is 0 Å². The lowest BCUT2D eigenvalue weighted by Gasteiger charge is -2.28. The number of hydrogen-bond donors (Lipinski definition) is 3. The lowest BCUT2D eigenvalue weighted by molar-refractivity contribution is -0.139. The van der Waals surface area contributed by atoms with Crippen molar-refractivity contribution >= 4 is 34.2 Å². The summed E-state index contributed by atoms with van der Waals surface area (Å²) in [5, 5.41) is 6.93. The number of aromatic amines is 1. The first-order valence-corrected chi connectivity index (χ1v) is 13.0. The van der Waals surface area contributed by atoms with E-state index in [4.69, 9.17) is 0 Å². The summed E-state index contributed by atoms with van der Waals surface area (Å²) in [6.45, 7) is 2.08. The lowest BCUT2D eigenvalue weighted by Crippen LogP contribution is -2.46. The first-order valence-electron chi connectivity index (χ1n) is 13.0. The van der Waals surface area contributed by atoms with Gasteiger partial charge in [-0.15, -0.1) is 0 Å². The molecule has 0 spiro atoms. The number of hydrogen-bond acceptors (Lipinski definition) is 4. The Hall–Kier alpha value is -4.23. The van der Waals surface area contributed by atoms with E-state index in [1.807, 2.05) is 72.8 Å². The van der Waals surface area contributed by atoms with Gasteiger partial charge in [0, 0.05) is 42.2 Å². The van der Waals surface area contributed by atoms with E-state index in [0.717, 1.165) is 45.4 Å². The third kappa shape index (κ3) is 6.10. The van der Waals surface area contributed by atoms with E-state index in [1.165, 1.54) is 6.92 Å². The molecule has 0 aliphatic carbocycles. The maximum atomic E-state index is 13.4. The SMILES string of the molecule is C.CN[C@@H](C(=O)N1CCC[C@H]1C(=O)Cc1ccc2[nH]c(-c3ccc(NC(C)=O)cc3)cc2c1)c1ccccc1. The molecule has 1 saturated heterocycles. The predicted molar refractivity (Wildman–Crippen MR) is 156 cm³/mol. The van der Waals surface area contributed by atoms with Gasteiger partial charge < -0.3 is 20.5 Å². The van der Waals surface area contributed by atoms with E-state index < -0.39 is 12.1 Å². The number of nitrogens with one attached hydrogen (secondary N) is 3. The van der Waals surface area contributed by atoms with Crippen LogP contribution in [0.1, 0.15) is 44.4 Å². The Labute approximate surface area is 229 Å². The molecule has 7 heteroatoms. The van der Waals surface area contributed by atoms with Crippen LogP contribution in [0.15, 0.2) is 78.9 Å². The highest BCUT2D eigenvalue weighted by Gasteiger charge is 2.36. The minimum Gasteiger partial charge on any atom is -0.355 e. The van der Waals surface area contributed by atoms with Crippen molar-refractivity contribution in [1.82, 2.24) is 15.2 Å². The highest BCUT2D eigenvalue weighted by atomic mass is 16.2. The second-order valence-electron chi connectivity index (χ2n) is 9.83. The molecule has 5 rings (SSSR count). The summed E-state index contributed by atoms with van der Waals surface area (Å²) in [6.07, 6.45) is 1.81. The van der Waals surface area contributed by atoms with Gasteiger partial charge in [0.25, 0.3) is 0 Å². The van der Waals surface area contributed by atoms with Gasteiger partial charge in [-0.3, -0.25) is 14.4 Å². The van der Waals surface area contributed by atoms with Crippen LogP contribution in [0.3, 0.4) is 0 Å². The fourth-order valence-electron chi connectivity index (χ4n) is 5.31. The van der Waals surface area contributed by atoms with Gasteiger partial charge >= 0.3 is 0 Å². The summed E-state index contributed by atoms with van der Waals surface area (Å²) < 4.78 is 0. The summed E-state index contributed by atoms with van der Waals surface area (Å²) in [5.41, 5.74) is 5.54. The number of H-pyrrole nitrogens is 1. The Morgan fingerprint density at radius 3 is 2.44 bits per heavy atom. The van der Waals surface area contributed by atoms with E-state index in [-0.39, 0.29) is 31.4 Å². The smallest absolute Gasteiger partial charge is 0.244 e. The first-order chi connectivity index (χ1) is 18.4. The topological polar surface area (TPSA) is 94.3 Å². The summed E-state index contributed by atoms with van der Waals surface area (Å²) in [5.74, 6) is -0.0826. The zero-order valence-electron chi connectivity index (χ0n) is 21.7. The molecule has 3 aromatic carbocycles. The molecular formula is C32H36N4O3. The van der Waals surface area contributed by atoms with Gasteiger partial charge in [0.2, 0.25) is 11.8 Å². The van der Waals surface area contributed by atoms with E-state index in [9.17, 15) is 14.4 Å². The van der Waals surface area contributed by atoms with Crippen molar-refractivity contribution in [1.29, 1.82) is 0 Å². The second-order valence-corrected chi connectivity index (χ2v) is 9.83. The number of benzene rings is 3. The maximum absolute atomic E-state index is 13.4. The van der Waals surface area contributed by atoms with Crippen molar-refractivity contribution < 1.29 is 14.4 Å². The number of fused-ring (bicyclic) bond motifs is 1. The van der Waals surface area contributed by atoms with E-state index in [0.29, 0.717) is 13.0 Å². The Bertz CT molecular complexity index is 1460. The highest BCUT2D eigenvalue weighted by Crippen LogP contribution is 2.28. The highest BCUT2D eigenvalue weighted by molar-refractivity contribution is 5.94. The summed E-state index contributed by atoms with van der Waals surface area (Å²) in [7, 11) is 1.78. The van der Waals surface area contributed by atoms with Crippen LogP contribution >= 0.6 is 0 Å². The van der Waals surface area contributed by atoms with Crippen molar-refractivity contribution in [3.8, 4) is 11.3 Å². The monoisotopic (exact) mass is 524 g/mol. The number of likely N-dealkylation sites (N-methyl/N-ethyl adjacent to an activating group) is 1. The van der Waals surface area contributed by atoms with Gasteiger partial charge in [-0.2, -0.15) is 0 Å². The van der Waals surface area contributed by atoms with Crippen LogP contribution in [-0.2, 0) is 20.8 Å². The molecule has 7 nitrogen and oxygen atoms in total. The van der Waals surface area contributed by atoms with Gasteiger partial charge in [-0.25, -0.2) is 0 Å². The molecule has 4 aromatic rings. The molecule has 202 valence electrons. The Kier molecular flexibility index (Phi) is 8.62. The third-order valence-corrected chi connectivity index (χ3v) is 7.16. The molecular weight excluding hydrogens is 488 g/mol. The minimum atomic E-state index is -0.466. The van der Waals surface area contributed by atoms with Crippen LogP contribution in [0.2, 0.25) is 0 Å². The quantitative estimate of drug-likeness (QED) is 0.284. The number of likely N-dealkylation sites (tertiary alicyclic amines) is 1. The van der Waals surface area contributed by atoms with Crippen molar-refractivity contribution in [2.24, 2.45) is 0 Å². The molecule has 1 aromatic heterocycles. The summed E-state index contributed by atoms with van der Waals surface area (Å²) >= 11 is 0. The lowest BCUT2D eigenvalue weighted by atomic mass is 9.99. The molecule has 0 saturated carbocycles. The van der Waals surface area contributed by atoms with E-state index in [1.54, 1.807) is 11.9 Å². The number of carbonyl (C=O) groups is 3. The number of nitrogens with zero attached hydrogens (tertiary/aromatic N) is 1. The third-order valence-electron chi connectivity index (χ3n) is 7.16. The maximum Gasteiger partial charge on any atom is 0.244 e. The molecule has 1 fully saturated rings. The van der Waals surface area contributed by atoms with Crippen molar-refractivity contribution in [3.63, 3.8) is 0 Å². The van der Waals surface area contributed by atoms with Crippen LogP contribution in [0.25, 0.3) is 22.2 Å². The van der Waals surface area contributed by atoms with Gasteiger partial charge in [-0.1, -0.05) is 56.0 Å². The van der Waals surface area contributed by atoms with Crippen LogP contribution in [0, 0.1) is 0 Å². The van der Waals surface area contributed by atoms with Crippen LogP contribution < -0.4 is 10.6 Å². The van der Waals surface area contributed by atoms with Crippen LogP contribution in [-0.4, -0.2) is 47.1 Å². The molecule has 39 heavy (non-hydrogen) atoms. The Balaban J connectivity index is 0.00000353. The number of ketones is 1. The van der Waals surface area contributed by atoms with E-state index in [2.05, 4.69) is 21.7 Å². The van der Waals surface area contributed by atoms with Crippen molar-refractivity contribution in [3.05, 3.63) is 90.0 Å². The minimum absolute atomic E-state index is 0. The number of anilines is 1. The predicted octanol–water partition coefficient (Wildman–Crippen LogP) is 5.49. The zero-order chi connectivity index (χ0) is 26.6. The molecule has 2 heterocycles. The fourth-order valence-corrected chi connectivity index (χ4v) is 5.31. The second kappa shape index (κ2) is 12.1. The first kappa shape index (κ1) is 27.8. The number of aromatic nitrogens is 1. The van der Waals surface area contributed by atoms with Crippen LogP contribution in [0.4, 0.5) is 5.69 Å². The summed E-state index contributed by atoms with van der Waals surface area (Å²) in [6, 6.07) is 24.5. The largest absolute Gasteiger partial charge is 0.355 e. The van der Waals surface area contributed by atoms with Gasteiger partial charge in [-0.05, 0) is 66.9 Å². The normalized spacial score (nSPS) is 15.5.